The number of carbonyl (C=O) groups is 1. The van der Waals surface area contributed by atoms with Gasteiger partial charge in [-0.1, -0.05) is 42.1 Å². The predicted octanol–water partition coefficient (Wildman–Crippen LogP) is 4.18. The molecule has 2 heterocycles. The van der Waals surface area contributed by atoms with Gasteiger partial charge in [-0.3, -0.25) is 9.69 Å². The highest BCUT2D eigenvalue weighted by Gasteiger charge is 2.22. The summed E-state index contributed by atoms with van der Waals surface area (Å²) in [6.45, 7) is 5.42. The Hall–Kier alpha value is -2.71. The predicted molar refractivity (Wildman–Crippen MR) is 120 cm³/mol. The number of nitrogens with zero attached hydrogens (tertiary/aromatic N) is 4. The molecular weight excluding hydrogens is 413 g/mol. The fourth-order valence-electron chi connectivity index (χ4n) is 3.58. The summed E-state index contributed by atoms with van der Waals surface area (Å²) in [6.07, 6.45) is 2.43. The third-order valence-electron chi connectivity index (χ3n) is 5.30. The second kappa shape index (κ2) is 10.1. The standard InChI is InChI=1S/C23H26FN5OS/c1-17(22(30)25-20-11-9-19(24)10-12-20)31-23-27-26-21(16-28-13-5-6-14-28)29(23)15-18-7-3-2-4-8-18/h2-4,7-12,17H,5-6,13-16H2,1H3,(H,25,30)/t17-/m0/s1. The van der Waals surface area contributed by atoms with E-state index in [-0.39, 0.29) is 17.0 Å². The zero-order valence-electron chi connectivity index (χ0n) is 17.5. The fourth-order valence-corrected chi connectivity index (χ4v) is 4.44. The van der Waals surface area contributed by atoms with Crippen molar-refractivity contribution < 1.29 is 9.18 Å². The number of nitrogens with one attached hydrogen (secondary N) is 1. The smallest absolute Gasteiger partial charge is 0.237 e. The average molecular weight is 440 g/mol. The van der Waals surface area contributed by atoms with E-state index >= 15 is 0 Å². The first-order chi connectivity index (χ1) is 15.1. The minimum atomic E-state index is -0.386. The van der Waals surface area contributed by atoms with Crippen LogP contribution in [0.25, 0.3) is 0 Å². The SMILES string of the molecule is C[C@H](Sc1nnc(CN2CCCC2)n1Cc1ccccc1)C(=O)Nc1ccc(F)cc1. The summed E-state index contributed by atoms with van der Waals surface area (Å²) < 4.78 is 15.2. The van der Waals surface area contributed by atoms with E-state index in [9.17, 15) is 9.18 Å². The number of benzene rings is 2. The molecular formula is C23H26FN5OS. The minimum absolute atomic E-state index is 0.160. The lowest BCUT2D eigenvalue weighted by Crippen LogP contribution is -2.24. The summed E-state index contributed by atoms with van der Waals surface area (Å²) in [5, 5.41) is 12.0. The van der Waals surface area contributed by atoms with Gasteiger partial charge in [-0.05, 0) is 62.7 Å². The highest BCUT2D eigenvalue weighted by molar-refractivity contribution is 8.00. The van der Waals surface area contributed by atoms with Crippen molar-refractivity contribution in [2.75, 3.05) is 18.4 Å². The summed E-state index contributed by atoms with van der Waals surface area (Å²) in [7, 11) is 0. The molecule has 4 rings (SSSR count). The monoisotopic (exact) mass is 439 g/mol. The molecule has 1 aliphatic heterocycles. The molecule has 3 aromatic rings. The molecule has 1 atom stereocenters. The zero-order valence-corrected chi connectivity index (χ0v) is 18.3. The number of hydrogen-bond donors (Lipinski definition) is 1. The number of anilines is 1. The molecule has 1 amide bonds. The Balaban J connectivity index is 1.49. The molecule has 0 unspecified atom stereocenters. The highest BCUT2D eigenvalue weighted by Crippen LogP contribution is 2.25. The quantitative estimate of drug-likeness (QED) is 0.534. The van der Waals surface area contributed by atoms with Gasteiger partial charge in [-0.25, -0.2) is 4.39 Å². The maximum Gasteiger partial charge on any atom is 0.237 e. The number of halogens is 1. The number of hydrogen-bond acceptors (Lipinski definition) is 5. The molecule has 6 nitrogen and oxygen atoms in total. The van der Waals surface area contributed by atoms with E-state index < -0.39 is 0 Å². The topological polar surface area (TPSA) is 63.1 Å². The van der Waals surface area contributed by atoms with Gasteiger partial charge in [0.25, 0.3) is 0 Å². The Morgan fingerprint density at radius 3 is 2.48 bits per heavy atom. The molecule has 0 bridgehead atoms. The molecule has 0 saturated carbocycles. The van der Waals surface area contributed by atoms with Gasteiger partial charge in [-0.15, -0.1) is 10.2 Å². The summed E-state index contributed by atoms with van der Waals surface area (Å²) in [5.74, 6) is 0.423. The maximum atomic E-state index is 13.1. The van der Waals surface area contributed by atoms with Crippen LogP contribution in [-0.4, -0.2) is 43.9 Å². The van der Waals surface area contributed by atoms with Crippen molar-refractivity contribution in [2.45, 2.75) is 43.3 Å². The second-order valence-electron chi connectivity index (χ2n) is 7.71. The molecule has 1 fully saturated rings. The van der Waals surface area contributed by atoms with Gasteiger partial charge in [-0.2, -0.15) is 0 Å². The van der Waals surface area contributed by atoms with Gasteiger partial charge < -0.3 is 9.88 Å². The average Bonchev–Trinajstić information content (AvgIpc) is 3.42. The van der Waals surface area contributed by atoms with E-state index in [1.54, 1.807) is 12.1 Å². The molecule has 0 spiro atoms. The van der Waals surface area contributed by atoms with Crippen LogP contribution in [-0.2, 0) is 17.9 Å². The van der Waals surface area contributed by atoms with Gasteiger partial charge in [0.15, 0.2) is 5.16 Å². The largest absolute Gasteiger partial charge is 0.325 e. The molecule has 1 N–H and O–H groups in total. The molecule has 0 radical (unpaired) electrons. The first-order valence-corrected chi connectivity index (χ1v) is 11.4. The van der Waals surface area contributed by atoms with Crippen molar-refractivity contribution >= 4 is 23.4 Å². The lowest BCUT2D eigenvalue weighted by Gasteiger charge is -2.17. The molecule has 0 aliphatic carbocycles. The van der Waals surface area contributed by atoms with E-state index in [2.05, 4.69) is 37.1 Å². The number of carbonyl (C=O) groups excluding carboxylic acids is 1. The first kappa shape index (κ1) is 21.5. The van der Waals surface area contributed by atoms with Crippen LogP contribution in [0.5, 0.6) is 0 Å². The Kier molecular flexibility index (Phi) is 6.99. The van der Waals surface area contributed by atoms with Crippen molar-refractivity contribution in [1.82, 2.24) is 19.7 Å². The number of rotatable bonds is 8. The van der Waals surface area contributed by atoms with Crippen LogP contribution >= 0.6 is 11.8 Å². The number of thioether (sulfide) groups is 1. The Labute approximate surface area is 185 Å². The Morgan fingerprint density at radius 1 is 1.06 bits per heavy atom. The van der Waals surface area contributed by atoms with E-state index in [1.165, 1.54) is 36.7 Å². The second-order valence-corrected chi connectivity index (χ2v) is 9.02. The van der Waals surface area contributed by atoms with E-state index in [0.29, 0.717) is 12.2 Å². The van der Waals surface area contributed by atoms with Crippen LogP contribution in [0.2, 0.25) is 0 Å². The summed E-state index contributed by atoms with van der Waals surface area (Å²) in [5.41, 5.74) is 1.73. The van der Waals surface area contributed by atoms with Crippen molar-refractivity contribution in [2.24, 2.45) is 0 Å². The van der Waals surface area contributed by atoms with Gasteiger partial charge in [0, 0.05) is 5.69 Å². The Morgan fingerprint density at radius 2 is 1.77 bits per heavy atom. The summed E-state index contributed by atoms with van der Waals surface area (Å²) >= 11 is 1.38. The normalized spacial score (nSPS) is 15.2. The zero-order chi connectivity index (χ0) is 21.6. The molecule has 8 heteroatoms. The summed E-state index contributed by atoms with van der Waals surface area (Å²) in [6, 6.07) is 16.0. The van der Waals surface area contributed by atoms with Crippen molar-refractivity contribution in [1.29, 1.82) is 0 Å². The minimum Gasteiger partial charge on any atom is -0.325 e. The van der Waals surface area contributed by atoms with Gasteiger partial charge in [0.05, 0.1) is 18.3 Å². The Bertz CT molecular complexity index is 1000. The lowest BCUT2D eigenvalue weighted by molar-refractivity contribution is -0.115. The molecule has 162 valence electrons. The van der Waals surface area contributed by atoms with Gasteiger partial charge >= 0.3 is 0 Å². The fraction of sp³-hybridized carbons (Fsp3) is 0.348. The van der Waals surface area contributed by atoms with E-state index in [4.69, 9.17) is 0 Å². The molecule has 1 saturated heterocycles. The molecule has 1 aliphatic rings. The number of likely N-dealkylation sites (tertiary alicyclic amines) is 1. The van der Waals surface area contributed by atoms with Crippen molar-refractivity contribution in [3.8, 4) is 0 Å². The van der Waals surface area contributed by atoms with Gasteiger partial charge in [0.2, 0.25) is 5.91 Å². The number of amides is 1. The van der Waals surface area contributed by atoms with E-state index in [1.807, 2.05) is 25.1 Å². The van der Waals surface area contributed by atoms with Crippen LogP contribution in [0.4, 0.5) is 10.1 Å². The molecule has 31 heavy (non-hydrogen) atoms. The van der Waals surface area contributed by atoms with Crippen LogP contribution in [0.1, 0.15) is 31.2 Å². The number of aromatic nitrogens is 3. The summed E-state index contributed by atoms with van der Waals surface area (Å²) in [4.78, 5) is 15.1. The van der Waals surface area contributed by atoms with Crippen molar-refractivity contribution in [3.63, 3.8) is 0 Å². The maximum absolute atomic E-state index is 13.1. The van der Waals surface area contributed by atoms with Crippen LogP contribution in [0.3, 0.4) is 0 Å². The third kappa shape index (κ3) is 5.71. The lowest BCUT2D eigenvalue weighted by atomic mass is 10.2. The highest BCUT2D eigenvalue weighted by atomic mass is 32.2. The van der Waals surface area contributed by atoms with Crippen LogP contribution < -0.4 is 5.32 Å². The van der Waals surface area contributed by atoms with E-state index in [0.717, 1.165) is 36.2 Å². The van der Waals surface area contributed by atoms with Crippen molar-refractivity contribution in [3.05, 3.63) is 71.8 Å². The van der Waals surface area contributed by atoms with Crippen LogP contribution in [0.15, 0.2) is 59.8 Å². The molecule has 2 aromatic carbocycles. The van der Waals surface area contributed by atoms with Crippen LogP contribution in [0, 0.1) is 5.82 Å². The third-order valence-corrected chi connectivity index (χ3v) is 6.38. The molecule has 1 aromatic heterocycles. The van der Waals surface area contributed by atoms with Gasteiger partial charge in [0.1, 0.15) is 11.6 Å². The first-order valence-electron chi connectivity index (χ1n) is 10.5.